The van der Waals surface area contributed by atoms with Gasteiger partial charge in [0.2, 0.25) is 0 Å². The van der Waals surface area contributed by atoms with Crippen molar-refractivity contribution in [3.05, 3.63) is 53.8 Å². The van der Waals surface area contributed by atoms with Crippen molar-refractivity contribution < 1.29 is 9.84 Å². The van der Waals surface area contributed by atoms with Gasteiger partial charge in [0.05, 0.1) is 0 Å². The molecule has 1 heterocycles. The van der Waals surface area contributed by atoms with E-state index in [4.69, 9.17) is 4.74 Å². The lowest BCUT2D eigenvalue weighted by atomic mass is 10.1. The van der Waals surface area contributed by atoms with Gasteiger partial charge in [-0.2, -0.15) is 0 Å². The maximum Gasteiger partial charge on any atom is 0.152 e. The standard InChI is InChI=1S/C12H12O2/c1-9-11(13)7-8-12(14-9)10-5-3-2-4-6-10/h2-9,13H,1H3. The van der Waals surface area contributed by atoms with Crippen LogP contribution in [-0.4, -0.2) is 11.2 Å². The summed E-state index contributed by atoms with van der Waals surface area (Å²) in [5.74, 6) is 1.07. The number of aliphatic hydroxyl groups is 1. The van der Waals surface area contributed by atoms with E-state index in [0.717, 1.165) is 11.3 Å². The van der Waals surface area contributed by atoms with E-state index in [2.05, 4.69) is 0 Å². The number of rotatable bonds is 1. The molecule has 72 valence electrons. The van der Waals surface area contributed by atoms with Crippen LogP contribution in [0, 0.1) is 0 Å². The predicted octanol–water partition coefficient (Wildman–Crippen LogP) is 2.89. The van der Waals surface area contributed by atoms with E-state index >= 15 is 0 Å². The Labute approximate surface area is 83.1 Å². The van der Waals surface area contributed by atoms with E-state index in [0.29, 0.717) is 0 Å². The molecule has 0 spiro atoms. The molecule has 14 heavy (non-hydrogen) atoms. The van der Waals surface area contributed by atoms with E-state index in [1.807, 2.05) is 37.3 Å². The first-order valence-electron chi connectivity index (χ1n) is 4.60. The van der Waals surface area contributed by atoms with E-state index in [9.17, 15) is 5.11 Å². The summed E-state index contributed by atoms with van der Waals surface area (Å²) >= 11 is 0. The highest BCUT2D eigenvalue weighted by molar-refractivity contribution is 5.62. The topological polar surface area (TPSA) is 29.5 Å². The largest absolute Gasteiger partial charge is 0.508 e. The Bertz CT molecular complexity index is 377. The molecule has 2 heteroatoms. The molecule has 1 unspecified atom stereocenters. The molecule has 0 radical (unpaired) electrons. The van der Waals surface area contributed by atoms with Crippen LogP contribution >= 0.6 is 0 Å². The first kappa shape index (κ1) is 8.88. The molecule has 0 amide bonds. The Morgan fingerprint density at radius 2 is 1.86 bits per heavy atom. The summed E-state index contributed by atoms with van der Waals surface area (Å²) in [5.41, 5.74) is 1.03. The Hall–Kier alpha value is -1.70. The molecule has 2 nitrogen and oxygen atoms in total. The second-order valence-corrected chi connectivity index (χ2v) is 3.25. The molecule has 0 bridgehead atoms. The van der Waals surface area contributed by atoms with Gasteiger partial charge >= 0.3 is 0 Å². The van der Waals surface area contributed by atoms with Gasteiger partial charge in [-0.1, -0.05) is 30.3 Å². The quantitative estimate of drug-likeness (QED) is 0.734. The van der Waals surface area contributed by atoms with E-state index in [1.54, 1.807) is 12.2 Å². The van der Waals surface area contributed by atoms with E-state index < -0.39 is 0 Å². The van der Waals surface area contributed by atoms with Gasteiger partial charge in [-0.3, -0.25) is 0 Å². The molecular formula is C12H12O2. The van der Waals surface area contributed by atoms with E-state index in [1.165, 1.54) is 0 Å². The number of benzene rings is 1. The molecule has 1 atom stereocenters. The van der Waals surface area contributed by atoms with Gasteiger partial charge in [0, 0.05) is 5.56 Å². The Kier molecular flexibility index (Phi) is 2.27. The smallest absolute Gasteiger partial charge is 0.152 e. The lowest BCUT2D eigenvalue weighted by Gasteiger charge is -2.20. The first-order chi connectivity index (χ1) is 6.77. The third-order valence-electron chi connectivity index (χ3n) is 2.18. The Morgan fingerprint density at radius 1 is 1.14 bits per heavy atom. The summed E-state index contributed by atoms with van der Waals surface area (Å²) in [4.78, 5) is 0. The van der Waals surface area contributed by atoms with Crippen LogP contribution in [0.1, 0.15) is 12.5 Å². The van der Waals surface area contributed by atoms with Gasteiger partial charge in [-0.25, -0.2) is 0 Å². The highest BCUT2D eigenvalue weighted by atomic mass is 16.5. The summed E-state index contributed by atoms with van der Waals surface area (Å²) in [6.45, 7) is 1.82. The molecule has 0 saturated heterocycles. The summed E-state index contributed by atoms with van der Waals surface area (Å²) in [5, 5.41) is 9.33. The third kappa shape index (κ3) is 1.64. The van der Waals surface area contributed by atoms with Crippen LogP contribution in [0.25, 0.3) is 5.76 Å². The second kappa shape index (κ2) is 3.58. The fourth-order valence-electron chi connectivity index (χ4n) is 1.35. The highest BCUT2D eigenvalue weighted by Gasteiger charge is 2.15. The van der Waals surface area contributed by atoms with Crippen molar-refractivity contribution in [3.8, 4) is 0 Å². The molecule has 2 rings (SSSR count). The van der Waals surface area contributed by atoms with Crippen LogP contribution in [-0.2, 0) is 4.74 Å². The molecule has 0 aromatic heterocycles. The molecule has 0 fully saturated rings. The Morgan fingerprint density at radius 3 is 2.50 bits per heavy atom. The SMILES string of the molecule is CC1OC(c2ccccc2)=CC=C1O. The number of hydrogen-bond acceptors (Lipinski definition) is 2. The first-order valence-corrected chi connectivity index (χ1v) is 4.60. The number of hydrogen-bond donors (Lipinski definition) is 1. The highest BCUT2D eigenvalue weighted by Crippen LogP contribution is 2.23. The van der Waals surface area contributed by atoms with Crippen LogP contribution in [0.4, 0.5) is 0 Å². The zero-order valence-electron chi connectivity index (χ0n) is 7.97. The van der Waals surface area contributed by atoms with Crippen molar-refractivity contribution in [1.29, 1.82) is 0 Å². The number of aliphatic hydroxyl groups excluding tert-OH is 1. The predicted molar refractivity (Wildman–Crippen MR) is 55.7 cm³/mol. The summed E-state index contributed by atoms with van der Waals surface area (Å²) in [7, 11) is 0. The summed E-state index contributed by atoms with van der Waals surface area (Å²) in [6, 6.07) is 9.85. The lowest BCUT2D eigenvalue weighted by Crippen LogP contribution is -2.13. The van der Waals surface area contributed by atoms with Crippen LogP contribution in [0.3, 0.4) is 0 Å². The maximum atomic E-state index is 9.33. The minimum atomic E-state index is -0.254. The minimum absolute atomic E-state index is 0.254. The number of allylic oxidation sites excluding steroid dienone is 2. The van der Waals surface area contributed by atoms with Crippen molar-refractivity contribution in [3.63, 3.8) is 0 Å². The summed E-state index contributed by atoms with van der Waals surface area (Å²) < 4.78 is 5.53. The zero-order chi connectivity index (χ0) is 9.97. The van der Waals surface area contributed by atoms with Crippen LogP contribution < -0.4 is 0 Å². The molecule has 0 aliphatic carbocycles. The zero-order valence-corrected chi connectivity index (χ0v) is 7.97. The second-order valence-electron chi connectivity index (χ2n) is 3.25. The van der Waals surface area contributed by atoms with Gasteiger partial charge in [0.1, 0.15) is 11.5 Å². The molecule has 1 aromatic carbocycles. The molecule has 1 aliphatic rings. The van der Waals surface area contributed by atoms with Crippen molar-refractivity contribution in [2.75, 3.05) is 0 Å². The van der Waals surface area contributed by atoms with Crippen molar-refractivity contribution in [1.82, 2.24) is 0 Å². The van der Waals surface area contributed by atoms with Gasteiger partial charge in [0.25, 0.3) is 0 Å². The normalized spacial score (nSPS) is 20.8. The monoisotopic (exact) mass is 188 g/mol. The molecule has 1 aromatic rings. The summed E-state index contributed by atoms with van der Waals surface area (Å²) in [6.07, 6.45) is 3.21. The average molecular weight is 188 g/mol. The fraction of sp³-hybridized carbons (Fsp3) is 0.167. The Balaban J connectivity index is 2.30. The van der Waals surface area contributed by atoms with Gasteiger partial charge < -0.3 is 9.84 Å². The lowest BCUT2D eigenvalue weighted by molar-refractivity contribution is 0.158. The van der Waals surface area contributed by atoms with Gasteiger partial charge in [-0.15, -0.1) is 0 Å². The maximum absolute atomic E-state index is 9.33. The van der Waals surface area contributed by atoms with Gasteiger partial charge in [-0.05, 0) is 19.1 Å². The van der Waals surface area contributed by atoms with Crippen molar-refractivity contribution >= 4 is 5.76 Å². The molecular weight excluding hydrogens is 176 g/mol. The van der Waals surface area contributed by atoms with Crippen LogP contribution in [0.15, 0.2) is 48.2 Å². The van der Waals surface area contributed by atoms with Gasteiger partial charge in [0.15, 0.2) is 6.10 Å². The minimum Gasteiger partial charge on any atom is -0.508 e. The molecule has 1 N–H and O–H groups in total. The fourth-order valence-corrected chi connectivity index (χ4v) is 1.35. The third-order valence-corrected chi connectivity index (χ3v) is 2.18. The number of ether oxygens (including phenoxy) is 1. The molecule has 1 aliphatic heterocycles. The van der Waals surface area contributed by atoms with Crippen molar-refractivity contribution in [2.45, 2.75) is 13.0 Å². The van der Waals surface area contributed by atoms with Crippen LogP contribution in [0.5, 0.6) is 0 Å². The van der Waals surface area contributed by atoms with Crippen molar-refractivity contribution in [2.24, 2.45) is 0 Å². The average Bonchev–Trinajstić information content (AvgIpc) is 2.23. The van der Waals surface area contributed by atoms with E-state index in [-0.39, 0.29) is 11.9 Å². The molecule has 0 saturated carbocycles. The van der Waals surface area contributed by atoms with Crippen LogP contribution in [0.2, 0.25) is 0 Å².